The molecular formula is C15H25NO4. The number of amides is 1. The molecule has 0 saturated carbocycles. The van der Waals surface area contributed by atoms with Crippen molar-refractivity contribution >= 4 is 5.91 Å². The molecular weight excluding hydrogens is 258 g/mol. The van der Waals surface area contributed by atoms with Crippen molar-refractivity contribution in [3.05, 3.63) is 12.2 Å². The zero-order valence-corrected chi connectivity index (χ0v) is 12.1. The number of fused-ring (bicyclic) bond motifs is 2. The first-order chi connectivity index (χ1) is 9.74. The van der Waals surface area contributed by atoms with E-state index in [0.717, 1.165) is 32.1 Å². The Balaban J connectivity index is 1.72. The van der Waals surface area contributed by atoms with Crippen LogP contribution in [0.4, 0.5) is 0 Å². The molecule has 2 aliphatic rings. The van der Waals surface area contributed by atoms with E-state index in [1.54, 1.807) is 0 Å². The van der Waals surface area contributed by atoms with Crippen molar-refractivity contribution in [2.24, 2.45) is 11.8 Å². The Hall–Kier alpha value is -0.910. The van der Waals surface area contributed by atoms with Gasteiger partial charge in [-0.2, -0.15) is 0 Å². The zero-order valence-electron chi connectivity index (χ0n) is 12.1. The van der Waals surface area contributed by atoms with Crippen LogP contribution in [0.1, 0.15) is 39.0 Å². The Kier molecular flexibility index (Phi) is 6.01. The largest absolute Gasteiger partial charge is 0.366 e. The second kappa shape index (κ2) is 7.76. The fraction of sp³-hybridized carbons (Fsp3) is 0.800. The van der Waals surface area contributed by atoms with Gasteiger partial charge in [0.1, 0.15) is 0 Å². The number of carbonyl (C=O) groups is 1. The van der Waals surface area contributed by atoms with Crippen LogP contribution >= 0.6 is 0 Å². The summed E-state index contributed by atoms with van der Waals surface area (Å²) in [7, 11) is 0. The van der Waals surface area contributed by atoms with Crippen LogP contribution in [-0.4, -0.2) is 36.5 Å². The van der Waals surface area contributed by atoms with Crippen molar-refractivity contribution in [1.82, 2.24) is 5.32 Å². The van der Waals surface area contributed by atoms with Crippen LogP contribution in [-0.2, 0) is 14.4 Å². The van der Waals surface area contributed by atoms with Crippen LogP contribution < -0.4 is 5.32 Å². The quantitative estimate of drug-likeness (QED) is 0.294. The van der Waals surface area contributed by atoms with E-state index in [0.29, 0.717) is 12.5 Å². The Morgan fingerprint density at radius 2 is 2.35 bits per heavy atom. The molecule has 2 aliphatic heterocycles. The normalized spacial score (nSPS) is 28.8. The Morgan fingerprint density at radius 3 is 2.95 bits per heavy atom. The monoisotopic (exact) mass is 283 g/mol. The van der Waals surface area contributed by atoms with Crippen molar-refractivity contribution in [3.63, 3.8) is 0 Å². The number of unbranched alkanes of at least 4 members (excludes halogenated alkanes) is 2. The van der Waals surface area contributed by atoms with Gasteiger partial charge in [0.05, 0.1) is 24.7 Å². The minimum absolute atomic E-state index is 0.0260. The van der Waals surface area contributed by atoms with E-state index in [1.807, 2.05) is 0 Å². The first-order valence-corrected chi connectivity index (χ1v) is 7.62. The summed E-state index contributed by atoms with van der Waals surface area (Å²) < 4.78 is 5.68. The summed E-state index contributed by atoms with van der Waals surface area (Å²) >= 11 is 0. The smallest absolute Gasteiger partial charge is 0.225 e. The second-order valence-electron chi connectivity index (χ2n) is 5.75. The van der Waals surface area contributed by atoms with E-state index < -0.39 is 0 Å². The molecule has 20 heavy (non-hydrogen) atoms. The van der Waals surface area contributed by atoms with E-state index >= 15 is 0 Å². The van der Waals surface area contributed by atoms with Crippen molar-refractivity contribution in [2.75, 3.05) is 13.2 Å². The van der Waals surface area contributed by atoms with Crippen LogP contribution in [0.5, 0.6) is 0 Å². The van der Waals surface area contributed by atoms with E-state index in [2.05, 4.69) is 29.3 Å². The molecule has 114 valence electrons. The third-order valence-electron chi connectivity index (χ3n) is 4.19. The minimum atomic E-state index is -0.262. The van der Waals surface area contributed by atoms with Gasteiger partial charge in [-0.1, -0.05) is 38.3 Å². The predicted molar refractivity (Wildman–Crippen MR) is 75.1 cm³/mol. The van der Waals surface area contributed by atoms with Gasteiger partial charge in [0.25, 0.3) is 0 Å². The van der Waals surface area contributed by atoms with E-state index in [4.69, 9.17) is 9.99 Å². The lowest BCUT2D eigenvalue weighted by molar-refractivity contribution is -0.250. The van der Waals surface area contributed by atoms with Gasteiger partial charge in [0, 0.05) is 12.5 Å². The van der Waals surface area contributed by atoms with Gasteiger partial charge in [-0.3, -0.25) is 10.1 Å². The molecule has 2 bridgehead atoms. The van der Waals surface area contributed by atoms with Gasteiger partial charge >= 0.3 is 0 Å². The molecule has 0 aromatic carbocycles. The highest BCUT2D eigenvalue weighted by molar-refractivity contribution is 5.78. The number of carbonyl (C=O) groups excluding carboxylic acids is 1. The molecule has 2 N–H and O–H groups in total. The SMILES string of the molecule is CCCCCC(COO)C(=O)NCC1CC2C=CC1O2. The Morgan fingerprint density at radius 1 is 1.50 bits per heavy atom. The first-order valence-electron chi connectivity index (χ1n) is 7.62. The maximum atomic E-state index is 12.1. The molecule has 1 fully saturated rings. The zero-order chi connectivity index (χ0) is 14.4. The fourth-order valence-electron chi connectivity index (χ4n) is 2.96. The highest BCUT2D eigenvalue weighted by Crippen LogP contribution is 2.33. The van der Waals surface area contributed by atoms with Crippen LogP contribution in [0.25, 0.3) is 0 Å². The average molecular weight is 283 g/mol. The molecule has 1 amide bonds. The molecule has 0 aliphatic carbocycles. The molecule has 2 rings (SSSR count). The number of ether oxygens (including phenoxy) is 1. The summed E-state index contributed by atoms with van der Waals surface area (Å²) in [6, 6.07) is 0. The molecule has 0 aromatic rings. The highest BCUT2D eigenvalue weighted by atomic mass is 17.1. The maximum Gasteiger partial charge on any atom is 0.225 e. The van der Waals surface area contributed by atoms with E-state index in [9.17, 15) is 4.79 Å². The topological polar surface area (TPSA) is 67.8 Å². The molecule has 5 heteroatoms. The molecule has 4 unspecified atom stereocenters. The molecule has 2 heterocycles. The maximum absolute atomic E-state index is 12.1. The minimum Gasteiger partial charge on any atom is -0.366 e. The van der Waals surface area contributed by atoms with Crippen molar-refractivity contribution in [1.29, 1.82) is 0 Å². The van der Waals surface area contributed by atoms with Crippen LogP contribution in [0, 0.1) is 11.8 Å². The van der Waals surface area contributed by atoms with Gasteiger partial charge in [0.15, 0.2) is 0 Å². The second-order valence-corrected chi connectivity index (χ2v) is 5.75. The van der Waals surface area contributed by atoms with E-state index in [-0.39, 0.29) is 30.6 Å². The Bertz CT molecular complexity index is 345. The lowest BCUT2D eigenvalue weighted by Crippen LogP contribution is -2.38. The lowest BCUT2D eigenvalue weighted by atomic mass is 9.94. The van der Waals surface area contributed by atoms with Crippen molar-refractivity contribution in [2.45, 2.75) is 51.2 Å². The van der Waals surface area contributed by atoms with Crippen molar-refractivity contribution < 1.29 is 19.7 Å². The fourth-order valence-corrected chi connectivity index (χ4v) is 2.96. The van der Waals surface area contributed by atoms with Crippen LogP contribution in [0.3, 0.4) is 0 Å². The lowest BCUT2D eigenvalue weighted by Gasteiger charge is -2.19. The molecule has 4 atom stereocenters. The molecule has 1 saturated heterocycles. The van der Waals surface area contributed by atoms with Crippen LogP contribution in [0.15, 0.2) is 12.2 Å². The third kappa shape index (κ3) is 4.04. The summed E-state index contributed by atoms with van der Waals surface area (Å²) in [5.41, 5.74) is 0. The number of nitrogens with one attached hydrogen (secondary N) is 1. The van der Waals surface area contributed by atoms with Crippen molar-refractivity contribution in [3.8, 4) is 0 Å². The number of rotatable bonds is 9. The van der Waals surface area contributed by atoms with E-state index in [1.165, 1.54) is 0 Å². The highest BCUT2D eigenvalue weighted by Gasteiger charge is 2.36. The summed E-state index contributed by atoms with van der Waals surface area (Å²) in [5, 5.41) is 11.6. The number of hydrogen-bond acceptors (Lipinski definition) is 4. The van der Waals surface area contributed by atoms with Crippen LogP contribution in [0.2, 0.25) is 0 Å². The summed E-state index contributed by atoms with van der Waals surface area (Å²) in [6.07, 6.45) is 9.51. The Labute approximate surface area is 120 Å². The number of hydrogen-bond donors (Lipinski definition) is 2. The molecule has 5 nitrogen and oxygen atoms in total. The standard InChI is InChI=1S/C15H25NO4/c1-2-3-4-5-11(10-19-18)15(17)16-9-12-8-13-6-7-14(12)20-13/h6-7,11-14,18H,2-5,8-10H2,1H3,(H,16,17). The van der Waals surface area contributed by atoms with Gasteiger partial charge < -0.3 is 10.1 Å². The van der Waals surface area contributed by atoms with Gasteiger partial charge in [-0.05, 0) is 12.8 Å². The van der Waals surface area contributed by atoms with Gasteiger partial charge in [0.2, 0.25) is 5.91 Å². The van der Waals surface area contributed by atoms with Gasteiger partial charge in [-0.15, -0.1) is 0 Å². The predicted octanol–water partition coefficient (Wildman–Crippen LogP) is 2.13. The molecule has 0 spiro atoms. The summed E-state index contributed by atoms with van der Waals surface area (Å²) in [6.45, 7) is 2.84. The third-order valence-corrected chi connectivity index (χ3v) is 4.19. The molecule has 0 aromatic heterocycles. The first kappa shape index (κ1) is 15.5. The van der Waals surface area contributed by atoms with Gasteiger partial charge in [-0.25, -0.2) is 4.89 Å². The molecule has 0 radical (unpaired) electrons. The summed E-state index contributed by atoms with van der Waals surface area (Å²) in [5.74, 6) is 0.0868. The summed E-state index contributed by atoms with van der Waals surface area (Å²) in [4.78, 5) is 16.3. The average Bonchev–Trinajstić information content (AvgIpc) is 3.06.